The molecule has 29 heavy (non-hydrogen) atoms. The zero-order chi connectivity index (χ0) is 22.4. The smallest absolute Gasteiger partial charge is 0.326 e. The number of likely N-dealkylation sites (N-methyl/N-ethyl adjacent to an activating group) is 1. The zero-order valence-corrected chi connectivity index (χ0v) is 15.8. The lowest BCUT2D eigenvalue weighted by Gasteiger charge is -2.26. The number of hydrogen-bond donors (Lipinski definition) is 5. The Balaban J connectivity index is 4.61. The number of aliphatic carboxylic acids is 3. The van der Waals surface area contributed by atoms with E-state index in [0.29, 0.717) is 12.8 Å². The van der Waals surface area contributed by atoms with Crippen molar-refractivity contribution in [1.29, 1.82) is 0 Å². The van der Waals surface area contributed by atoms with E-state index in [1.54, 1.807) is 0 Å². The normalized spacial score (nSPS) is 12.0. The predicted octanol–water partition coefficient (Wildman–Crippen LogP) is -0.00420. The molecule has 14 heteroatoms. The van der Waals surface area contributed by atoms with Crippen LogP contribution in [0.15, 0.2) is 5.11 Å². The first-order valence-corrected chi connectivity index (χ1v) is 8.58. The number of carbonyl (C=O) groups excluding carboxylic acids is 2. The minimum absolute atomic E-state index is 0.0400. The molecule has 0 heterocycles. The second-order valence-electron chi connectivity index (χ2n) is 5.97. The van der Waals surface area contributed by atoms with E-state index in [2.05, 4.69) is 20.7 Å². The average Bonchev–Trinajstić information content (AvgIpc) is 2.64. The molecule has 0 rings (SSSR count). The van der Waals surface area contributed by atoms with Gasteiger partial charge in [-0.1, -0.05) is 5.11 Å². The lowest BCUT2D eigenvalue weighted by atomic mass is 10.1. The van der Waals surface area contributed by atoms with Gasteiger partial charge in [0.2, 0.25) is 5.91 Å². The number of urea groups is 1. The Morgan fingerprint density at radius 3 is 2.24 bits per heavy atom. The fraction of sp³-hybridized carbons (Fsp3) is 0.667. The van der Waals surface area contributed by atoms with Crippen molar-refractivity contribution in [3.63, 3.8) is 0 Å². The summed E-state index contributed by atoms with van der Waals surface area (Å²) in [5.74, 6) is -4.44. The van der Waals surface area contributed by atoms with Crippen LogP contribution in [0.2, 0.25) is 0 Å². The molecule has 0 aliphatic carbocycles. The van der Waals surface area contributed by atoms with Crippen molar-refractivity contribution in [2.45, 2.75) is 44.2 Å². The molecule has 0 fully saturated rings. The summed E-state index contributed by atoms with van der Waals surface area (Å²) in [5.41, 5.74) is 8.10. The molecular weight excluding hydrogens is 392 g/mol. The molecule has 5 N–H and O–H groups in total. The number of carboxylic acids is 3. The van der Waals surface area contributed by atoms with E-state index >= 15 is 0 Å². The number of carboxylic acid groups (broad SMARTS) is 3. The van der Waals surface area contributed by atoms with Gasteiger partial charge in [0.05, 0.1) is 0 Å². The SMILES string of the molecule is CN(C(=O)N[C@@H](CCC(=O)O)C(=O)O)[C@@H](CCCCNC(=O)CN=[N+]=[N-])C(=O)O. The van der Waals surface area contributed by atoms with Gasteiger partial charge in [-0.25, -0.2) is 14.4 Å². The Labute approximate surface area is 165 Å². The van der Waals surface area contributed by atoms with Gasteiger partial charge in [-0.05, 0) is 31.2 Å². The van der Waals surface area contributed by atoms with Crippen LogP contribution < -0.4 is 10.6 Å². The first-order chi connectivity index (χ1) is 13.6. The molecule has 0 spiro atoms. The van der Waals surface area contributed by atoms with E-state index in [9.17, 15) is 29.1 Å². The topological polar surface area (TPSA) is 222 Å². The Morgan fingerprint density at radius 1 is 1.07 bits per heavy atom. The van der Waals surface area contributed by atoms with Gasteiger partial charge < -0.3 is 30.9 Å². The van der Waals surface area contributed by atoms with Crippen LogP contribution in [0.25, 0.3) is 10.4 Å². The quantitative estimate of drug-likeness (QED) is 0.112. The second kappa shape index (κ2) is 13.6. The van der Waals surface area contributed by atoms with Crippen molar-refractivity contribution in [2.24, 2.45) is 5.11 Å². The molecule has 14 nitrogen and oxygen atoms in total. The van der Waals surface area contributed by atoms with E-state index in [0.717, 1.165) is 4.90 Å². The van der Waals surface area contributed by atoms with Crippen LogP contribution in [0.1, 0.15) is 32.1 Å². The number of hydrogen-bond acceptors (Lipinski definition) is 6. The van der Waals surface area contributed by atoms with Crippen LogP contribution in [0.5, 0.6) is 0 Å². The van der Waals surface area contributed by atoms with Crippen LogP contribution in [-0.4, -0.2) is 82.3 Å². The third-order valence-corrected chi connectivity index (χ3v) is 3.82. The molecule has 0 radical (unpaired) electrons. The Hall–Kier alpha value is -3.54. The highest BCUT2D eigenvalue weighted by Gasteiger charge is 2.29. The highest BCUT2D eigenvalue weighted by molar-refractivity contribution is 5.86. The number of azide groups is 1. The van der Waals surface area contributed by atoms with Crippen molar-refractivity contribution in [3.8, 4) is 0 Å². The van der Waals surface area contributed by atoms with Crippen LogP contribution in [0.4, 0.5) is 4.79 Å². The highest BCUT2D eigenvalue weighted by Crippen LogP contribution is 2.09. The lowest BCUT2D eigenvalue weighted by Crippen LogP contribution is -2.52. The van der Waals surface area contributed by atoms with Gasteiger partial charge in [0.15, 0.2) is 0 Å². The molecule has 2 atom stereocenters. The van der Waals surface area contributed by atoms with Crippen molar-refractivity contribution in [2.75, 3.05) is 20.1 Å². The molecule has 0 saturated carbocycles. The minimum atomic E-state index is -1.47. The summed E-state index contributed by atoms with van der Waals surface area (Å²) < 4.78 is 0. The number of nitrogens with zero attached hydrogens (tertiary/aromatic N) is 4. The van der Waals surface area contributed by atoms with Gasteiger partial charge >= 0.3 is 23.9 Å². The Kier molecular flexibility index (Phi) is 11.9. The standard InChI is InChI=1S/C15H24N6O8/c1-21(15(29)19-9(13(25)26)5-6-12(23)24)10(14(27)28)4-2-3-7-17-11(22)8-18-20-16/h9-10H,2-8H2,1H3,(H,17,22)(H,19,29)(H,23,24)(H,25,26)(H,27,28)/t9-,10-/m0/s1. The third kappa shape index (κ3) is 11.0. The predicted molar refractivity (Wildman–Crippen MR) is 96.9 cm³/mol. The number of unbranched alkanes of at least 4 members (excludes halogenated alkanes) is 1. The Bertz CT molecular complexity index is 663. The summed E-state index contributed by atoms with van der Waals surface area (Å²) in [7, 11) is 1.19. The van der Waals surface area contributed by atoms with Crippen LogP contribution in [-0.2, 0) is 19.2 Å². The summed E-state index contributed by atoms with van der Waals surface area (Å²) in [5, 5.41) is 34.7. The monoisotopic (exact) mass is 416 g/mol. The summed E-state index contributed by atoms with van der Waals surface area (Å²) in [4.78, 5) is 59.8. The van der Waals surface area contributed by atoms with E-state index in [4.69, 9.17) is 15.7 Å². The van der Waals surface area contributed by atoms with Gasteiger partial charge in [-0.2, -0.15) is 0 Å². The van der Waals surface area contributed by atoms with E-state index in [1.165, 1.54) is 7.05 Å². The molecule has 0 aliphatic heterocycles. The highest BCUT2D eigenvalue weighted by atomic mass is 16.4. The first kappa shape index (κ1) is 25.5. The zero-order valence-electron chi connectivity index (χ0n) is 15.8. The molecule has 0 bridgehead atoms. The maximum absolute atomic E-state index is 12.2. The molecule has 3 amide bonds. The van der Waals surface area contributed by atoms with Crippen LogP contribution >= 0.6 is 0 Å². The van der Waals surface area contributed by atoms with Gasteiger partial charge in [0, 0.05) is 24.9 Å². The molecule has 0 unspecified atom stereocenters. The summed E-state index contributed by atoms with van der Waals surface area (Å²) in [6.07, 6.45) is -0.0556. The molecule has 0 aromatic heterocycles. The average molecular weight is 416 g/mol. The van der Waals surface area contributed by atoms with Crippen molar-refractivity contribution in [1.82, 2.24) is 15.5 Å². The fourth-order valence-electron chi connectivity index (χ4n) is 2.24. The Morgan fingerprint density at radius 2 is 1.72 bits per heavy atom. The third-order valence-electron chi connectivity index (χ3n) is 3.82. The minimum Gasteiger partial charge on any atom is -0.481 e. The number of rotatable bonds is 14. The molecule has 0 aliphatic rings. The maximum Gasteiger partial charge on any atom is 0.326 e. The summed E-state index contributed by atoms with van der Waals surface area (Å²) in [6.45, 7) is -0.123. The van der Waals surface area contributed by atoms with E-state index in [-0.39, 0.29) is 25.9 Å². The van der Waals surface area contributed by atoms with E-state index < -0.39 is 48.4 Å². The molecule has 0 saturated heterocycles. The van der Waals surface area contributed by atoms with Gasteiger partial charge in [-0.15, -0.1) is 0 Å². The van der Waals surface area contributed by atoms with Gasteiger partial charge in [0.1, 0.15) is 18.6 Å². The van der Waals surface area contributed by atoms with Crippen molar-refractivity contribution < 1.29 is 39.3 Å². The van der Waals surface area contributed by atoms with Crippen molar-refractivity contribution in [3.05, 3.63) is 10.4 Å². The molecule has 0 aromatic rings. The van der Waals surface area contributed by atoms with Crippen LogP contribution in [0.3, 0.4) is 0 Å². The van der Waals surface area contributed by atoms with Crippen molar-refractivity contribution >= 4 is 29.8 Å². The first-order valence-electron chi connectivity index (χ1n) is 8.58. The summed E-state index contributed by atoms with van der Waals surface area (Å²) >= 11 is 0. The number of nitrogens with one attached hydrogen (secondary N) is 2. The number of carbonyl (C=O) groups is 5. The van der Waals surface area contributed by atoms with Gasteiger partial charge in [-0.3, -0.25) is 9.59 Å². The molecule has 0 aromatic carbocycles. The summed E-state index contributed by atoms with van der Waals surface area (Å²) in [6, 6.07) is -3.68. The second-order valence-corrected chi connectivity index (χ2v) is 5.97. The molecular formula is C15H24N6O8. The largest absolute Gasteiger partial charge is 0.481 e. The lowest BCUT2D eigenvalue weighted by molar-refractivity contribution is -0.142. The molecule has 162 valence electrons. The van der Waals surface area contributed by atoms with Crippen LogP contribution in [0, 0.1) is 0 Å². The van der Waals surface area contributed by atoms with E-state index in [1.807, 2.05) is 0 Å². The fourth-order valence-corrected chi connectivity index (χ4v) is 2.24. The number of amides is 3. The van der Waals surface area contributed by atoms with Gasteiger partial charge in [0.25, 0.3) is 0 Å². The maximum atomic E-state index is 12.2.